The SMILES string of the molecule is N#CN/C(=N/CCCOc1ccc(CN2CCCCC2)cc1)Oc1ccccc1. The summed E-state index contributed by atoms with van der Waals surface area (Å²) in [6, 6.07) is 17.8. The first-order valence-electron chi connectivity index (χ1n) is 10.2. The average molecular weight is 393 g/mol. The number of nitriles is 1. The van der Waals surface area contributed by atoms with Crippen LogP contribution in [0.1, 0.15) is 31.2 Å². The van der Waals surface area contributed by atoms with E-state index in [1.807, 2.05) is 48.7 Å². The summed E-state index contributed by atoms with van der Waals surface area (Å²) in [6.07, 6.45) is 6.56. The molecule has 0 bridgehead atoms. The average Bonchev–Trinajstić information content (AvgIpc) is 2.76. The molecule has 0 amide bonds. The van der Waals surface area contributed by atoms with Crippen LogP contribution in [-0.4, -0.2) is 37.2 Å². The summed E-state index contributed by atoms with van der Waals surface area (Å²) >= 11 is 0. The molecule has 1 saturated heterocycles. The Kier molecular flexibility index (Phi) is 8.36. The molecule has 1 aliphatic rings. The zero-order chi connectivity index (χ0) is 20.2. The van der Waals surface area contributed by atoms with Crippen molar-refractivity contribution >= 4 is 6.02 Å². The van der Waals surface area contributed by atoms with Gasteiger partial charge in [0, 0.05) is 19.5 Å². The highest BCUT2D eigenvalue weighted by molar-refractivity contribution is 5.77. The van der Waals surface area contributed by atoms with Gasteiger partial charge in [0.25, 0.3) is 0 Å². The van der Waals surface area contributed by atoms with Crippen LogP contribution in [-0.2, 0) is 6.54 Å². The highest BCUT2D eigenvalue weighted by Crippen LogP contribution is 2.16. The molecule has 152 valence electrons. The second kappa shape index (κ2) is 11.7. The normalized spacial score (nSPS) is 14.8. The van der Waals surface area contributed by atoms with E-state index in [1.54, 1.807) is 0 Å². The second-order valence-corrected chi connectivity index (χ2v) is 7.02. The highest BCUT2D eigenvalue weighted by atomic mass is 16.5. The van der Waals surface area contributed by atoms with E-state index >= 15 is 0 Å². The lowest BCUT2D eigenvalue weighted by Crippen LogP contribution is -2.28. The zero-order valence-corrected chi connectivity index (χ0v) is 16.7. The predicted octanol–water partition coefficient (Wildman–Crippen LogP) is 3.95. The van der Waals surface area contributed by atoms with Gasteiger partial charge >= 0.3 is 6.02 Å². The predicted molar refractivity (Wildman–Crippen MR) is 114 cm³/mol. The van der Waals surface area contributed by atoms with Crippen LogP contribution in [0, 0.1) is 11.5 Å². The van der Waals surface area contributed by atoms with Crippen molar-refractivity contribution in [3.63, 3.8) is 0 Å². The molecule has 0 unspecified atom stereocenters. The quantitative estimate of drug-likeness (QED) is 0.242. The molecule has 3 rings (SSSR count). The molecule has 1 N–H and O–H groups in total. The fourth-order valence-electron chi connectivity index (χ4n) is 3.25. The number of likely N-dealkylation sites (tertiary alicyclic amines) is 1. The van der Waals surface area contributed by atoms with Crippen LogP contribution in [0.3, 0.4) is 0 Å². The number of ether oxygens (including phenoxy) is 2. The van der Waals surface area contributed by atoms with Crippen LogP contribution in [0.2, 0.25) is 0 Å². The first-order chi connectivity index (χ1) is 14.3. The summed E-state index contributed by atoms with van der Waals surface area (Å²) in [5.41, 5.74) is 1.33. The van der Waals surface area contributed by atoms with Crippen LogP contribution < -0.4 is 14.8 Å². The van der Waals surface area contributed by atoms with Crippen molar-refractivity contribution in [1.29, 1.82) is 5.26 Å². The first kappa shape index (κ1) is 20.7. The minimum absolute atomic E-state index is 0.195. The number of aliphatic imine (C=N–C) groups is 1. The van der Waals surface area contributed by atoms with Crippen molar-refractivity contribution in [2.45, 2.75) is 32.2 Å². The molecular formula is C23H28N4O2. The Morgan fingerprint density at radius 3 is 2.48 bits per heavy atom. The number of hydrogen-bond acceptors (Lipinski definition) is 5. The smallest absolute Gasteiger partial charge is 0.303 e. The standard InChI is InChI=1S/C23H28N4O2/c24-19-26-23(29-22-8-3-1-4-9-22)25-14-7-17-28-21-12-10-20(11-13-21)18-27-15-5-2-6-16-27/h1,3-4,8-13H,2,5-7,14-18H2,(H,25,26). The lowest BCUT2D eigenvalue weighted by molar-refractivity contribution is 0.221. The van der Waals surface area contributed by atoms with Gasteiger partial charge in [-0.1, -0.05) is 36.8 Å². The van der Waals surface area contributed by atoms with Gasteiger partial charge in [-0.2, -0.15) is 5.26 Å². The van der Waals surface area contributed by atoms with E-state index < -0.39 is 0 Å². The molecule has 0 radical (unpaired) electrons. The van der Waals surface area contributed by atoms with Crippen molar-refractivity contribution in [3.8, 4) is 17.7 Å². The Hall–Kier alpha value is -3.04. The number of nitrogens with one attached hydrogen (secondary N) is 1. The summed E-state index contributed by atoms with van der Waals surface area (Å²) in [4.78, 5) is 6.81. The third-order valence-corrected chi connectivity index (χ3v) is 4.73. The molecule has 1 aliphatic heterocycles. The van der Waals surface area contributed by atoms with Crippen molar-refractivity contribution in [2.24, 2.45) is 4.99 Å². The van der Waals surface area contributed by atoms with E-state index in [2.05, 4.69) is 27.3 Å². The van der Waals surface area contributed by atoms with Gasteiger partial charge < -0.3 is 9.47 Å². The number of hydrogen-bond donors (Lipinski definition) is 1. The van der Waals surface area contributed by atoms with Gasteiger partial charge in [0.2, 0.25) is 0 Å². The number of rotatable bonds is 8. The number of para-hydroxylation sites is 1. The fourth-order valence-corrected chi connectivity index (χ4v) is 3.25. The van der Waals surface area contributed by atoms with E-state index in [0.717, 1.165) is 18.7 Å². The molecule has 0 spiro atoms. The van der Waals surface area contributed by atoms with Crippen LogP contribution in [0.5, 0.6) is 11.5 Å². The summed E-state index contributed by atoms with van der Waals surface area (Å²) in [5.74, 6) is 1.50. The minimum atomic E-state index is 0.195. The van der Waals surface area contributed by atoms with Gasteiger partial charge in [-0.15, -0.1) is 0 Å². The third kappa shape index (κ3) is 7.47. The Morgan fingerprint density at radius 1 is 1.00 bits per heavy atom. The minimum Gasteiger partial charge on any atom is -0.494 e. The Bertz CT molecular complexity index is 794. The highest BCUT2D eigenvalue weighted by Gasteiger charge is 2.10. The fraction of sp³-hybridized carbons (Fsp3) is 0.391. The molecule has 6 nitrogen and oxygen atoms in total. The van der Waals surface area contributed by atoms with E-state index in [1.165, 1.54) is 37.9 Å². The largest absolute Gasteiger partial charge is 0.494 e. The molecule has 0 atom stereocenters. The van der Waals surface area contributed by atoms with Crippen LogP contribution >= 0.6 is 0 Å². The van der Waals surface area contributed by atoms with Crippen molar-refractivity contribution in [3.05, 3.63) is 60.2 Å². The van der Waals surface area contributed by atoms with Crippen LogP contribution in [0.15, 0.2) is 59.6 Å². The van der Waals surface area contributed by atoms with Gasteiger partial charge in [-0.3, -0.25) is 4.90 Å². The Morgan fingerprint density at radius 2 is 1.76 bits per heavy atom. The lowest BCUT2D eigenvalue weighted by atomic mass is 10.1. The Labute approximate surface area is 172 Å². The monoisotopic (exact) mass is 392 g/mol. The molecule has 2 aromatic rings. The van der Waals surface area contributed by atoms with Crippen LogP contribution in [0.25, 0.3) is 0 Å². The first-order valence-corrected chi connectivity index (χ1v) is 10.2. The maximum atomic E-state index is 8.84. The van der Waals surface area contributed by atoms with Gasteiger partial charge in [-0.05, 0) is 55.8 Å². The molecule has 2 aromatic carbocycles. The van der Waals surface area contributed by atoms with Crippen molar-refractivity contribution in [1.82, 2.24) is 10.2 Å². The van der Waals surface area contributed by atoms with E-state index in [0.29, 0.717) is 18.9 Å². The summed E-state index contributed by atoms with van der Waals surface area (Å²) in [6.45, 7) is 4.49. The van der Waals surface area contributed by atoms with Gasteiger partial charge in [0.1, 0.15) is 11.5 Å². The van der Waals surface area contributed by atoms with E-state index in [4.69, 9.17) is 14.7 Å². The number of nitrogens with zero attached hydrogens (tertiary/aromatic N) is 3. The topological polar surface area (TPSA) is 69.9 Å². The van der Waals surface area contributed by atoms with Gasteiger partial charge in [-0.25, -0.2) is 10.3 Å². The summed E-state index contributed by atoms with van der Waals surface area (Å²) in [7, 11) is 0. The molecule has 1 fully saturated rings. The molecule has 1 heterocycles. The molecule has 29 heavy (non-hydrogen) atoms. The Balaban J connectivity index is 1.38. The maximum Gasteiger partial charge on any atom is 0.303 e. The molecule has 0 aliphatic carbocycles. The lowest BCUT2D eigenvalue weighted by Gasteiger charge is -2.26. The summed E-state index contributed by atoms with van der Waals surface area (Å²) in [5, 5.41) is 11.3. The zero-order valence-electron chi connectivity index (χ0n) is 16.7. The van der Waals surface area contributed by atoms with Crippen LogP contribution in [0.4, 0.5) is 0 Å². The van der Waals surface area contributed by atoms with E-state index in [-0.39, 0.29) is 6.02 Å². The maximum absolute atomic E-state index is 8.84. The third-order valence-electron chi connectivity index (χ3n) is 4.73. The molecule has 0 aromatic heterocycles. The molecular weight excluding hydrogens is 364 g/mol. The number of benzene rings is 2. The van der Waals surface area contributed by atoms with Crippen molar-refractivity contribution in [2.75, 3.05) is 26.2 Å². The number of piperidine rings is 1. The molecule has 6 heteroatoms. The van der Waals surface area contributed by atoms with E-state index in [9.17, 15) is 0 Å². The van der Waals surface area contributed by atoms with Crippen molar-refractivity contribution < 1.29 is 9.47 Å². The second-order valence-electron chi connectivity index (χ2n) is 7.02. The number of amidine groups is 1. The summed E-state index contributed by atoms with van der Waals surface area (Å²) < 4.78 is 11.4. The van der Waals surface area contributed by atoms with Gasteiger partial charge in [0.15, 0.2) is 6.19 Å². The van der Waals surface area contributed by atoms with Gasteiger partial charge in [0.05, 0.1) is 6.61 Å². The molecule has 0 saturated carbocycles.